The van der Waals surface area contributed by atoms with Gasteiger partial charge in [0, 0.05) is 0 Å². The number of hydrogen-bond acceptors (Lipinski definition) is 2. The maximum Gasteiger partial charge on any atom is 0.307 e. The van der Waals surface area contributed by atoms with Crippen LogP contribution in [0.1, 0.15) is 5.69 Å². The zero-order valence-electron chi connectivity index (χ0n) is 8.00. The molecule has 0 unspecified atom stereocenters. The zero-order chi connectivity index (χ0) is 10.8. The Morgan fingerprint density at radius 1 is 1.27 bits per heavy atom. The first-order valence-corrected chi connectivity index (χ1v) is 4.38. The van der Waals surface area contributed by atoms with Crippen LogP contribution in [0.15, 0.2) is 29.1 Å². The molecule has 4 nitrogen and oxygen atoms in total. The maximum absolute atomic E-state index is 13.2. The molecule has 1 aromatic heterocycles. The Labute approximate surface area is 84.7 Å². The van der Waals surface area contributed by atoms with Crippen LogP contribution in [0, 0.1) is 12.7 Å². The van der Waals surface area contributed by atoms with Gasteiger partial charge in [-0.3, -0.25) is 15.0 Å². The van der Waals surface area contributed by atoms with Gasteiger partial charge in [-0.15, -0.1) is 0 Å². The molecule has 2 aromatic rings. The summed E-state index contributed by atoms with van der Waals surface area (Å²) in [5, 5.41) is 4.94. The molecule has 0 spiro atoms. The molecule has 0 saturated heterocycles. The van der Waals surface area contributed by atoms with E-state index < -0.39 is 11.4 Å². The van der Waals surface area contributed by atoms with Crippen LogP contribution < -0.4 is 10.3 Å². The van der Waals surface area contributed by atoms with Crippen LogP contribution in [-0.2, 0) is 0 Å². The Hall–Kier alpha value is -2.04. The third-order valence-corrected chi connectivity index (χ3v) is 1.96. The average Bonchev–Trinajstić information content (AvgIpc) is 2.53. The van der Waals surface area contributed by atoms with Crippen molar-refractivity contribution in [3.63, 3.8) is 0 Å². The number of hydrogen-bond donors (Lipinski definition) is 2. The fourth-order valence-corrected chi connectivity index (χ4v) is 1.19. The number of H-pyrrole nitrogens is 2. The van der Waals surface area contributed by atoms with E-state index in [1.54, 1.807) is 19.1 Å². The summed E-state index contributed by atoms with van der Waals surface area (Å²) >= 11 is 0. The normalized spacial score (nSPS) is 10.3. The lowest BCUT2D eigenvalue weighted by Crippen LogP contribution is -2.02. The number of aromatic amines is 2. The van der Waals surface area contributed by atoms with E-state index in [1.807, 2.05) is 0 Å². The summed E-state index contributed by atoms with van der Waals surface area (Å²) in [7, 11) is 0. The number of benzene rings is 1. The Morgan fingerprint density at radius 3 is 2.60 bits per heavy atom. The minimum atomic E-state index is -0.502. The summed E-state index contributed by atoms with van der Waals surface area (Å²) in [6.07, 6.45) is 0. The van der Waals surface area contributed by atoms with Gasteiger partial charge in [-0.25, -0.2) is 4.39 Å². The number of aryl methyl sites for hydroxylation is 1. The molecule has 0 aliphatic heterocycles. The smallest absolute Gasteiger partial charge is 0.307 e. The van der Waals surface area contributed by atoms with Gasteiger partial charge in [0.05, 0.1) is 5.69 Å². The van der Waals surface area contributed by atoms with E-state index in [2.05, 4.69) is 10.2 Å². The standard InChI is InChI=1S/C10H9FN2O2/c1-6-9(10(14)13-12-6)15-8-5-3-2-4-7(8)11/h2-5H,1H3,(H2,12,13,14). The van der Waals surface area contributed by atoms with Crippen LogP contribution in [0.4, 0.5) is 4.39 Å². The van der Waals surface area contributed by atoms with Crippen molar-refractivity contribution < 1.29 is 9.13 Å². The van der Waals surface area contributed by atoms with Crippen molar-refractivity contribution in [2.75, 3.05) is 0 Å². The molecule has 1 heterocycles. The van der Waals surface area contributed by atoms with E-state index in [9.17, 15) is 9.18 Å². The molecule has 0 aliphatic carbocycles. The second-order valence-corrected chi connectivity index (χ2v) is 3.07. The lowest BCUT2D eigenvalue weighted by Gasteiger charge is -2.03. The fourth-order valence-electron chi connectivity index (χ4n) is 1.19. The molecule has 0 saturated carbocycles. The van der Waals surface area contributed by atoms with Crippen LogP contribution in [0.5, 0.6) is 11.5 Å². The van der Waals surface area contributed by atoms with Crippen molar-refractivity contribution in [2.24, 2.45) is 0 Å². The number of ether oxygens (including phenoxy) is 1. The van der Waals surface area contributed by atoms with Crippen molar-refractivity contribution >= 4 is 0 Å². The monoisotopic (exact) mass is 208 g/mol. The van der Waals surface area contributed by atoms with Crippen LogP contribution >= 0.6 is 0 Å². The first-order valence-electron chi connectivity index (χ1n) is 4.38. The van der Waals surface area contributed by atoms with Crippen LogP contribution in [-0.4, -0.2) is 10.2 Å². The number of nitrogens with one attached hydrogen (secondary N) is 2. The molecular weight excluding hydrogens is 199 g/mol. The molecule has 0 bridgehead atoms. The summed E-state index contributed by atoms with van der Waals surface area (Å²) in [6.45, 7) is 1.66. The van der Waals surface area contributed by atoms with Gasteiger partial charge in [-0.1, -0.05) is 12.1 Å². The van der Waals surface area contributed by atoms with E-state index in [0.29, 0.717) is 5.69 Å². The Kier molecular flexibility index (Phi) is 2.29. The van der Waals surface area contributed by atoms with Crippen molar-refractivity contribution in [1.82, 2.24) is 10.2 Å². The van der Waals surface area contributed by atoms with E-state index in [4.69, 9.17) is 4.74 Å². The highest BCUT2D eigenvalue weighted by Gasteiger charge is 2.10. The third kappa shape index (κ3) is 1.76. The first kappa shape index (κ1) is 9.51. The zero-order valence-corrected chi connectivity index (χ0v) is 8.00. The quantitative estimate of drug-likeness (QED) is 0.792. The van der Waals surface area contributed by atoms with Crippen LogP contribution in [0.25, 0.3) is 0 Å². The predicted octanol–water partition coefficient (Wildman–Crippen LogP) is 1.94. The van der Waals surface area contributed by atoms with Crippen molar-refractivity contribution in [3.8, 4) is 11.5 Å². The lowest BCUT2D eigenvalue weighted by molar-refractivity contribution is 0.436. The Bertz CT molecular complexity index is 530. The number of rotatable bonds is 2. The fraction of sp³-hybridized carbons (Fsp3) is 0.100. The molecule has 2 rings (SSSR count). The molecule has 0 radical (unpaired) electrons. The van der Waals surface area contributed by atoms with Crippen LogP contribution in [0.2, 0.25) is 0 Å². The van der Waals surface area contributed by atoms with Gasteiger partial charge < -0.3 is 4.74 Å². The van der Waals surface area contributed by atoms with E-state index in [0.717, 1.165) is 0 Å². The summed E-state index contributed by atoms with van der Waals surface area (Å²) in [5.74, 6) is -0.386. The highest BCUT2D eigenvalue weighted by molar-refractivity contribution is 5.32. The van der Waals surface area contributed by atoms with Crippen molar-refractivity contribution in [2.45, 2.75) is 6.92 Å². The second kappa shape index (κ2) is 3.61. The molecule has 15 heavy (non-hydrogen) atoms. The van der Waals surface area contributed by atoms with Gasteiger partial charge in [0.25, 0.3) is 0 Å². The highest BCUT2D eigenvalue weighted by atomic mass is 19.1. The Balaban J connectivity index is 2.38. The van der Waals surface area contributed by atoms with E-state index >= 15 is 0 Å². The lowest BCUT2D eigenvalue weighted by atomic mass is 10.3. The first-order chi connectivity index (χ1) is 7.18. The molecule has 2 N–H and O–H groups in total. The molecular formula is C10H9FN2O2. The van der Waals surface area contributed by atoms with Crippen molar-refractivity contribution in [3.05, 3.63) is 46.1 Å². The van der Waals surface area contributed by atoms with E-state index in [-0.39, 0.29) is 11.5 Å². The molecule has 5 heteroatoms. The largest absolute Gasteiger partial charge is 0.447 e. The topological polar surface area (TPSA) is 57.9 Å². The summed E-state index contributed by atoms with van der Waals surface area (Å²) in [4.78, 5) is 11.2. The number of para-hydroxylation sites is 1. The molecule has 0 fully saturated rings. The molecule has 0 aliphatic rings. The SMILES string of the molecule is Cc1[nH][nH]c(=O)c1Oc1ccccc1F. The van der Waals surface area contributed by atoms with Gasteiger partial charge in [0.15, 0.2) is 11.6 Å². The number of halogens is 1. The third-order valence-electron chi connectivity index (χ3n) is 1.96. The Morgan fingerprint density at radius 2 is 2.00 bits per heavy atom. The minimum Gasteiger partial charge on any atom is -0.447 e. The second-order valence-electron chi connectivity index (χ2n) is 3.07. The molecule has 0 amide bonds. The highest BCUT2D eigenvalue weighted by Crippen LogP contribution is 2.22. The summed E-state index contributed by atoms with van der Waals surface area (Å²) in [5.41, 5.74) is 0.124. The predicted molar refractivity (Wildman–Crippen MR) is 52.6 cm³/mol. The number of aromatic nitrogens is 2. The molecule has 78 valence electrons. The van der Waals surface area contributed by atoms with Crippen LogP contribution in [0.3, 0.4) is 0 Å². The summed E-state index contributed by atoms with van der Waals surface area (Å²) in [6, 6.07) is 5.91. The summed E-state index contributed by atoms with van der Waals surface area (Å²) < 4.78 is 18.4. The van der Waals surface area contributed by atoms with E-state index in [1.165, 1.54) is 12.1 Å². The molecule has 0 atom stereocenters. The maximum atomic E-state index is 13.2. The van der Waals surface area contributed by atoms with Gasteiger partial charge in [-0.05, 0) is 19.1 Å². The molecule has 1 aromatic carbocycles. The minimum absolute atomic E-state index is 0.0331. The van der Waals surface area contributed by atoms with Gasteiger partial charge in [-0.2, -0.15) is 0 Å². The van der Waals surface area contributed by atoms with Gasteiger partial charge in [0.2, 0.25) is 5.75 Å². The van der Waals surface area contributed by atoms with Gasteiger partial charge in [0.1, 0.15) is 0 Å². The average molecular weight is 208 g/mol. The van der Waals surface area contributed by atoms with Crippen molar-refractivity contribution in [1.29, 1.82) is 0 Å². The van der Waals surface area contributed by atoms with Gasteiger partial charge >= 0.3 is 5.56 Å².